The third kappa shape index (κ3) is 4.45. The summed E-state index contributed by atoms with van der Waals surface area (Å²) in [5.74, 6) is -2.66. The lowest BCUT2D eigenvalue weighted by Crippen LogP contribution is -2.34. The number of carboxylic acid groups (broad SMARTS) is 1. The van der Waals surface area contributed by atoms with Crippen molar-refractivity contribution in [2.45, 2.75) is 6.42 Å². The van der Waals surface area contributed by atoms with Gasteiger partial charge in [0.15, 0.2) is 15.6 Å². The first kappa shape index (κ1) is 13.4. The first-order valence-electron chi connectivity index (χ1n) is 4.60. The van der Waals surface area contributed by atoms with Crippen LogP contribution in [0.25, 0.3) is 0 Å². The molecule has 1 rings (SSSR count). The first-order chi connectivity index (χ1) is 7.20. The summed E-state index contributed by atoms with van der Waals surface area (Å²) in [7, 11) is -6.89. The van der Waals surface area contributed by atoms with Gasteiger partial charge in [0, 0.05) is 6.54 Å². The Balaban J connectivity index is 2.44. The van der Waals surface area contributed by atoms with Crippen molar-refractivity contribution in [3.05, 3.63) is 0 Å². The maximum atomic E-state index is 11.1. The fraction of sp³-hybridized carbons (Fsp3) is 0.857. The van der Waals surface area contributed by atoms with Crippen molar-refractivity contribution in [1.29, 1.82) is 0 Å². The fourth-order valence-corrected chi connectivity index (χ4v) is 4.27. The van der Waals surface area contributed by atoms with Gasteiger partial charge in [0.2, 0.25) is 10.0 Å². The molecule has 1 heterocycles. The third-order valence-corrected chi connectivity index (χ3v) is 5.30. The monoisotopic (exact) mass is 271 g/mol. The van der Waals surface area contributed by atoms with E-state index in [0.717, 1.165) is 0 Å². The smallest absolute Gasteiger partial charge is 0.320 e. The molecule has 9 heteroatoms. The van der Waals surface area contributed by atoms with E-state index in [-0.39, 0.29) is 24.0 Å². The molecule has 0 spiro atoms. The summed E-state index contributed by atoms with van der Waals surface area (Å²) >= 11 is 0. The van der Waals surface area contributed by atoms with Gasteiger partial charge in [0.1, 0.15) is 0 Å². The van der Waals surface area contributed by atoms with Gasteiger partial charge < -0.3 is 5.11 Å². The van der Waals surface area contributed by atoms with Gasteiger partial charge in [-0.25, -0.2) is 21.6 Å². The Morgan fingerprint density at radius 1 is 1.44 bits per heavy atom. The van der Waals surface area contributed by atoms with Crippen LogP contribution in [0.5, 0.6) is 0 Å². The van der Waals surface area contributed by atoms with Crippen LogP contribution in [-0.2, 0) is 24.7 Å². The number of sulfone groups is 1. The molecule has 1 saturated heterocycles. The van der Waals surface area contributed by atoms with E-state index < -0.39 is 31.6 Å². The molecule has 1 unspecified atom stereocenters. The van der Waals surface area contributed by atoms with Crippen molar-refractivity contribution in [3.8, 4) is 0 Å². The molecule has 0 aromatic carbocycles. The van der Waals surface area contributed by atoms with Gasteiger partial charge >= 0.3 is 5.97 Å². The molecule has 0 radical (unpaired) electrons. The Kier molecular flexibility index (Phi) is 3.92. The molecule has 1 atom stereocenters. The SMILES string of the molecule is O=C(O)CS(=O)(=O)NCC1CCS(=O)(=O)C1. The minimum Gasteiger partial charge on any atom is -0.480 e. The molecule has 0 amide bonds. The number of hydrogen-bond donors (Lipinski definition) is 2. The van der Waals surface area contributed by atoms with Crippen molar-refractivity contribution in [1.82, 2.24) is 4.72 Å². The van der Waals surface area contributed by atoms with E-state index in [2.05, 4.69) is 4.72 Å². The van der Waals surface area contributed by atoms with Gasteiger partial charge in [-0.1, -0.05) is 0 Å². The Labute approximate surface area is 93.8 Å². The summed E-state index contributed by atoms with van der Waals surface area (Å²) in [4.78, 5) is 10.2. The predicted molar refractivity (Wildman–Crippen MR) is 56.2 cm³/mol. The summed E-state index contributed by atoms with van der Waals surface area (Å²) in [6.07, 6.45) is 0.415. The molecule has 0 aliphatic carbocycles. The van der Waals surface area contributed by atoms with E-state index in [4.69, 9.17) is 5.11 Å². The van der Waals surface area contributed by atoms with E-state index in [0.29, 0.717) is 6.42 Å². The number of carboxylic acids is 1. The Morgan fingerprint density at radius 3 is 2.50 bits per heavy atom. The molecule has 1 aliphatic rings. The average molecular weight is 271 g/mol. The highest BCUT2D eigenvalue weighted by atomic mass is 32.2. The zero-order valence-corrected chi connectivity index (χ0v) is 10.1. The van der Waals surface area contributed by atoms with E-state index in [9.17, 15) is 21.6 Å². The predicted octanol–water partition coefficient (Wildman–Crippen LogP) is -1.57. The van der Waals surface area contributed by atoms with E-state index in [1.165, 1.54) is 0 Å². The van der Waals surface area contributed by atoms with Gasteiger partial charge in [-0.15, -0.1) is 0 Å². The second-order valence-corrected chi connectivity index (χ2v) is 7.81. The van der Waals surface area contributed by atoms with Gasteiger partial charge in [-0.05, 0) is 12.3 Å². The average Bonchev–Trinajstić information content (AvgIpc) is 2.40. The molecule has 0 aromatic rings. The van der Waals surface area contributed by atoms with Crippen LogP contribution in [-0.4, -0.2) is 51.7 Å². The van der Waals surface area contributed by atoms with Crippen molar-refractivity contribution in [2.75, 3.05) is 23.8 Å². The number of rotatable bonds is 5. The second kappa shape index (κ2) is 4.68. The lowest BCUT2D eigenvalue weighted by molar-refractivity contribution is -0.134. The van der Waals surface area contributed by atoms with Crippen LogP contribution in [0.15, 0.2) is 0 Å². The minimum absolute atomic E-state index is 0.0190. The molecule has 16 heavy (non-hydrogen) atoms. The number of sulfonamides is 1. The molecular weight excluding hydrogens is 258 g/mol. The van der Waals surface area contributed by atoms with Crippen molar-refractivity contribution < 1.29 is 26.7 Å². The highest BCUT2D eigenvalue weighted by molar-refractivity contribution is 7.91. The minimum atomic E-state index is -3.85. The molecule has 1 aliphatic heterocycles. The normalized spacial score (nSPS) is 24.4. The molecule has 0 bridgehead atoms. The van der Waals surface area contributed by atoms with Crippen LogP contribution in [0.2, 0.25) is 0 Å². The molecule has 94 valence electrons. The Morgan fingerprint density at radius 2 is 2.06 bits per heavy atom. The summed E-state index contributed by atoms with van der Waals surface area (Å²) in [5, 5.41) is 8.31. The zero-order valence-electron chi connectivity index (χ0n) is 8.42. The summed E-state index contributed by atoms with van der Waals surface area (Å²) in [6.45, 7) is -0.0190. The highest BCUT2D eigenvalue weighted by Gasteiger charge is 2.28. The van der Waals surface area contributed by atoms with Crippen LogP contribution >= 0.6 is 0 Å². The van der Waals surface area contributed by atoms with Gasteiger partial charge in [0.25, 0.3) is 0 Å². The molecular formula is C7H13NO6S2. The van der Waals surface area contributed by atoms with Crippen LogP contribution in [0.4, 0.5) is 0 Å². The molecule has 0 aromatic heterocycles. The maximum Gasteiger partial charge on any atom is 0.320 e. The quantitative estimate of drug-likeness (QED) is 0.623. The summed E-state index contributed by atoms with van der Waals surface area (Å²) in [5.41, 5.74) is 0. The van der Waals surface area contributed by atoms with Crippen LogP contribution in [0, 0.1) is 5.92 Å². The number of aliphatic carboxylic acids is 1. The molecule has 2 N–H and O–H groups in total. The van der Waals surface area contributed by atoms with Crippen LogP contribution < -0.4 is 4.72 Å². The summed E-state index contributed by atoms with van der Waals surface area (Å²) < 4.78 is 46.5. The van der Waals surface area contributed by atoms with Gasteiger partial charge in [-0.3, -0.25) is 4.79 Å². The Hall–Kier alpha value is -0.670. The second-order valence-electron chi connectivity index (χ2n) is 3.77. The van der Waals surface area contributed by atoms with E-state index in [1.807, 2.05) is 0 Å². The maximum absolute atomic E-state index is 11.1. The highest BCUT2D eigenvalue weighted by Crippen LogP contribution is 2.17. The fourth-order valence-electron chi connectivity index (χ4n) is 1.49. The lowest BCUT2D eigenvalue weighted by Gasteiger charge is -2.08. The zero-order chi connectivity index (χ0) is 12.4. The topological polar surface area (TPSA) is 118 Å². The van der Waals surface area contributed by atoms with Crippen molar-refractivity contribution in [2.24, 2.45) is 5.92 Å². The summed E-state index contributed by atoms with van der Waals surface area (Å²) in [6, 6.07) is 0. The van der Waals surface area contributed by atoms with E-state index in [1.54, 1.807) is 0 Å². The van der Waals surface area contributed by atoms with E-state index >= 15 is 0 Å². The number of hydrogen-bond acceptors (Lipinski definition) is 5. The molecule has 1 fully saturated rings. The van der Waals surface area contributed by atoms with Crippen LogP contribution in [0.1, 0.15) is 6.42 Å². The number of carbonyl (C=O) groups is 1. The van der Waals surface area contributed by atoms with Gasteiger partial charge in [0.05, 0.1) is 11.5 Å². The van der Waals surface area contributed by atoms with Gasteiger partial charge in [-0.2, -0.15) is 0 Å². The molecule has 0 saturated carbocycles. The lowest BCUT2D eigenvalue weighted by atomic mass is 10.1. The first-order valence-corrected chi connectivity index (χ1v) is 8.07. The third-order valence-electron chi connectivity index (χ3n) is 2.23. The number of nitrogens with one attached hydrogen (secondary N) is 1. The van der Waals surface area contributed by atoms with Crippen molar-refractivity contribution in [3.63, 3.8) is 0 Å². The van der Waals surface area contributed by atoms with Crippen LogP contribution in [0.3, 0.4) is 0 Å². The van der Waals surface area contributed by atoms with Crippen molar-refractivity contribution >= 4 is 25.8 Å². The Bertz CT molecular complexity index is 465. The standard InChI is InChI=1S/C7H13NO6S2/c9-7(10)5-16(13,14)8-3-6-1-2-15(11,12)4-6/h6,8H,1-5H2,(H,9,10). The largest absolute Gasteiger partial charge is 0.480 e. The molecule has 7 nitrogen and oxygen atoms in total.